The van der Waals surface area contributed by atoms with E-state index in [2.05, 4.69) is 25.8 Å². The molecule has 1 atom stereocenters. The molecule has 19 heavy (non-hydrogen) atoms. The van der Waals surface area contributed by atoms with Crippen LogP contribution in [0.1, 0.15) is 31.5 Å². The Hall–Kier alpha value is -1.36. The molecule has 2 saturated heterocycles. The third-order valence-corrected chi connectivity index (χ3v) is 3.96. The highest BCUT2D eigenvalue weighted by Crippen LogP contribution is 2.24. The van der Waals surface area contributed by atoms with Gasteiger partial charge in [-0.15, -0.1) is 0 Å². The SMILES string of the molecule is Cc1nc(N2CCCC2)cc(N2CCCC(O)C2)n1. The van der Waals surface area contributed by atoms with Crippen molar-refractivity contribution in [2.75, 3.05) is 36.0 Å². The molecule has 0 amide bonds. The molecule has 2 aliphatic rings. The minimum Gasteiger partial charge on any atom is -0.391 e. The Bertz CT molecular complexity index is 445. The third kappa shape index (κ3) is 2.81. The van der Waals surface area contributed by atoms with Crippen molar-refractivity contribution in [3.63, 3.8) is 0 Å². The Labute approximate surface area is 114 Å². The number of hydrogen-bond donors (Lipinski definition) is 1. The largest absolute Gasteiger partial charge is 0.391 e. The van der Waals surface area contributed by atoms with Crippen LogP contribution in [-0.4, -0.2) is 47.4 Å². The lowest BCUT2D eigenvalue weighted by Gasteiger charge is -2.31. The van der Waals surface area contributed by atoms with Crippen LogP contribution >= 0.6 is 0 Å². The number of aryl methyl sites for hydroxylation is 1. The van der Waals surface area contributed by atoms with E-state index in [4.69, 9.17) is 0 Å². The summed E-state index contributed by atoms with van der Waals surface area (Å²) in [5.74, 6) is 2.83. The fraction of sp³-hybridized carbons (Fsp3) is 0.714. The summed E-state index contributed by atoms with van der Waals surface area (Å²) in [6, 6.07) is 2.08. The smallest absolute Gasteiger partial charge is 0.134 e. The van der Waals surface area contributed by atoms with Gasteiger partial charge in [-0.2, -0.15) is 0 Å². The highest BCUT2D eigenvalue weighted by molar-refractivity contribution is 5.51. The Morgan fingerprint density at radius 2 is 1.68 bits per heavy atom. The number of hydrogen-bond acceptors (Lipinski definition) is 5. The van der Waals surface area contributed by atoms with Crippen LogP contribution in [0.3, 0.4) is 0 Å². The van der Waals surface area contributed by atoms with E-state index < -0.39 is 0 Å². The first kappa shape index (κ1) is 12.7. The predicted molar refractivity (Wildman–Crippen MR) is 75.7 cm³/mol. The summed E-state index contributed by atoms with van der Waals surface area (Å²) < 4.78 is 0. The fourth-order valence-electron chi connectivity index (χ4n) is 2.97. The molecule has 1 N–H and O–H groups in total. The molecule has 0 bridgehead atoms. The highest BCUT2D eigenvalue weighted by Gasteiger charge is 2.21. The average molecular weight is 262 g/mol. The standard InChI is InChI=1S/C14H22N4O/c1-11-15-13(17-6-2-3-7-17)9-14(16-11)18-8-4-5-12(19)10-18/h9,12,19H,2-8,10H2,1H3. The van der Waals surface area contributed by atoms with Crippen molar-refractivity contribution in [1.29, 1.82) is 0 Å². The zero-order chi connectivity index (χ0) is 13.2. The van der Waals surface area contributed by atoms with Crippen molar-refractivity contribution in [3.8, 4) is 0 Å². The van der Waals surface area contributed by atoms with E-state index in [1.807, 2.05) is 6.92 Å². The number of aliphatic hydroxyl groups is 1. The van der Waals surface area contributed by atoms with E-state index >= 15 is 0 Å². The van der Waals surface area contributed by atoms with Crippen LogP contribution in [0.15, 0.2) is 6.07 Å². The lowest BCUT2D eigenvalue weighted by atomic mass is 10.1. The first-order chi connectivity index (χ1) is 9.22. The maximum atomic E-state index is 9.80. The number of aromatic nitrogens is 2. The van der Waals surface area contributed by atoms with E-state index in [9.17, 15) is 5.11 Å². The van der Waals surface area contributed by atoms with Gasteiger partial charge in [0.05, 0.1) is 6.10 Å². The molecule has 0 aromatic carbocycles. The minimum absolute atomic E-state index is 0.223. The zero-order valence-corrected chi connectivity index (χ0v) is 11.5. The summed E-state index contributed by atoms with van der Waals surface area (Å²) in [7, 11) is 0. The molecular formula is C14H22N4O. The molecule has 5 nitrogen and oxygen atoms in total. The van der Waals surface area contributed by atoms with Crippen molar-refractivity contribution >= 4 is 11.6 Å². The number of nitrogens with zero attached hydrogens (tertiary/aromatic N) is 4. The van der Waals surface area contributed by atoms with Crippen LogP contribution in [0.25, 0.3) is 0 Å². The second-order valence-corrected chi connectivity index (χ2v) is 5.57. The van der Waals surface area contributed by atoms with Crippen molar-refractivity contribution in [1.82, 2.24) is 9.97 Å². The maximum absolute atomic E-state index is 9.80. The third-order valence-electron chi connectivity index (χ3n) is 3.96. The molecule has 3 rings (SSSR count). The molecule has 1 aromatic rings. The van der Waals surface area contributed by atoms with Gasteiger partial charge in [0, 0.05) is 32.2 Å². The average Bonchev–Trinajstić information content (AvgIpc) is 2.92. The second kappa shape index (κ2) is 5.33. The van der Waals surface area contributed by atoms with Crippen LogP contribution in [-0.2, 0) is 0 Å². The van der Waals surface area contributed by atoms with E-state index in [-0.39, 0.29) is 6.10 Å². The highest BCUT2D eigenvalue weighted by atomic mass is 16.3. The summed E-state index contributed by atoms with van der Waals surface area (Å²) >= 11 is 0. The van der Waals surface area contributed by atoms with Gasteiger partial charge in [-0.25, -0.2) is 9.97 Å². The molecule has 0 spiro atoms. The predicted octanol–water partition coefficient (Wildman–Crippen LogP) is 1.35. The van der Waals surface area contributed by atoms with Crippen LogP contribution in [0.5, 0.6) is 0 Å². The number of aliphatic hydroxyl groups excluding tert-OH is 1. The van der Waals surface area contributed by atoms with Gasteiger partial charge in [-0.05, 0) is 32.6 Å². The molecule has 0 radical (unpaired) electrons. The van der Waals surface area contributed by atoms with Crippen LogP contribution in [0.2, 0.25) is 0 Å². The summed E-state index contributed by atoms with van der Waals surface area (Å²) in [4.78, 5) is 13.6. The van der Waals surface area contributed by atoms with Crippen molar-refractivity contribution < 1.29 is 5.11 Å². The summed E-state index contributed by atoms with van der Waals surface area (Å²) in [6.07, 6.45) is 4.21. The summed E-state index contributed by atoms with van der Waals surface area (Å²) in [5, 5.41) is 9.80. The fourth-order valence-corrected chi connectivity index (χ4v) is 2.97. The summed E-state index contributed by atoms with van der Waals surface area (Å²) in [6.45, 7) is 5.81. The second-order valence-electron chi connectivity index (χ2n) is 5.57. The first-order valence-electron chi connectivity index (χ1n) is 7.26. The van der Waals surface area contributed by atoms with Gasteiger partial charge >= 0.3 is 0 Å². The number of rotatable bonds is 2. The van der Waals surface area contributed by atoms with Gasteiger partial charge in [0.25, 0.3) is 0 Å². The molecule has 1 aromatic heterocycles. The summed E-state index contributed by atoms with van der Waals surface area (Å²) in [5.41, 5.74) is 0. The van der Waals surface area contributed by atoms with Crippen LogP contribution in [0.4, 0.5) is 11.6 Å². The van der Waals surface area contributed by atoms with Gasteiger partial charge in [-0.1, -0.05) is 0 Å². The number of piperidine rings is 1. The van der Waals surface area contributed by atoms with Crippen LogP contribution in [0, 0.1) is 6.92 Å². The quantitative estimate of drug-likeness (QED) is 0.872. The zero-order valence-electron chi connectivity index (χ0n) is 11.5. The molecule has 0 aliphatic carbocycles. The Balaban J connectivity index is 1.84. The van der Waals surface area contributed by atoms with Gasteiger partial charge < -0.3 is 14.9 Å². The Morgan fingerprint density at radius 1 is 1.05 bits per heavy atom. The van der Waals surface area contributed by atoms with Gasteiger partial charge in [0.1, 0.15) is 17.5 Å². The first-order valence-corrected chi connectivity index (χ1v) is 7.26. The normalized spacial score (nSPS) is 24.0. The van der Waals surface area contributed by atoms with Crippen molar-refractivity contribution in [2.45, 2.75) is 38.7 Å². The Morgan fingerprint density at radius 3 is 2.37 bits per heavy atom. The van der Waals surface area contributed by atoms with Crippen molar-refractivity contribution in [2.24, 2.45) is 0 Å². The van der Waals surface area contributed by atoms with E-state index in [1.165, 1.54) is 12.8 Å². The monoisotopic (exact) mass is 262 g/mol. The molecule has 1 unspecified atom stereocenters. The molecule has 2 aliphatic heterocycles. The van der Waals surface area contributed by atoms with Gasteiger partial charge in [-0.3, -0.25) is 0 Å². The van der Waals surface area contributed by atoms with Gasteiger partial charge in [0.15, 0.2) is 0 Å². The number of β-amino-alcohol motifs (C(OH)–C–C–N with tert-alkyl or cyclic N) is 1. The van der Waals surface area contributed by atoms with Crippen LogP contribution < -0.4 is 9.80 Å². The van der Waals surface area contributed by atoms with E-state index in [0.29, 0.717) is 6.54 Å². The molecule has 104 valence electrons. The Kier molecular flexibility index (Phi) is 3.55. The molecule has 0 saturated carbocycles. The molecule has 2 fully saturated rings. The topological polar surface area (TPSA) is 52.5 Å². The molecule has 5 heteroatoms. The maximum Gasteiger partial charge on any atom is 0.134 e. The molecule has 3 heterocycles. The van der Waals surface area contributed by atoms with E-state index in [1.54, 1.807) is 0 Å². The van der Waals surface area contributed by atoms with Crippen molar-refractivity contribution in [3.05, 3.63) is 11.9 Å². The minimum atomic E-state index is -0.223. The lowest BCUT2D eigenvalue weighted by Crippen LogP contribution is -2.39. The van der Waals surface area contributed by atoms with Gasteiger partial charge in [0.2, 0.25) is 0 Å². The number of anilines is 2. The molecular weight excluding hydrogens is 240 g/mol. The van der Waals surface area contributed by atoms with E-state index in [0.717, 1.165) is 49.9 Å². The lowest BCUT2D eigenvalue weighted by molar-refractivity contribution is 0.154.